The van der Waals surface area contributed by atoms with E-state index in [4.69, 9.17) is 14.2 Å². The largest absolute Gasteiger partial charge is 0.411 e. The molecule has 2 atom stereocenters. The first-order valence-corrected chi connectivity index (χ1v) is 6.48. The second-order valence-corrected chi connectivity index (χ2v) is 4.67. The molecule has 1 aliphatic rings. The molecule has 1 aliphatic heterocycles. The van der Waals surface area contributed by atoms with Gasteiger partial charge in [0.1, 0.15) is 6.61 Å². The second-order valence-electron chi connectivity index (χ2n) is 4.67. The van der Waals surface area contributed by atoms with Crippen LogP contribution in [0, 0.1) is 0 Å². The van der Waals surface area contributed by atoms with Crippen molar-refractivity contribution in [3.8, 4) is 0 Å². The molecule has 3 nitrogen and oxygen atoms in total. The second kappa shape index (κ2) is 7.06. The molecule has 0 radical (unpaired) electrons. The number of alkyl halides is 3. The molecule has 1 heterocycles. The van der Waals surface area contributed by atoms with Crippen LogP contribution in [0.3, 0.4) is 0 Å². The Morgan fingerprint density at radius 1 is 1.15 bits per heavy atom. The maximum atomic E-state index is 12.1. The molecule has 0 spiro atoms. The van der Waals surface area contributed by atoms with Crippen molar-refractivity contribution in [3.63, 3.8) is 0 Å². The van der Waals surface area contributed by atoms with E-state index in [0.29, 0.717) is 26.1 Å². The van der Waals surface area contributed by atoms with Crippen LogP contribution in [0.1, 0.15) is 18.4 Å². The van der Waals surface area contributed by atoms with Gasteiger partial charge in [-0.3, -0.25) is 0 Å². The fraction of sp³-hybridized carbons (Fsp3) is 0.571. The van der Waals surface area contributed by atoms with E-state index in [0.717, 1.165) is 5.56 Å². The minimum atomic E-state index is -4.33. The number of benzene rings is 1. The average molecular weight is 290 g/mol. The molecule has 0 unspecified atom stereocenters. The Bertz CT molecular complexity index is 394. The molecule has 1 aromatic rings. The fourth-order valence-corrected chi connectivity index (χ4v) is 1.97. The van der Waals surface area contributed by atoms with Crippen LogP contribution in [0.2, 0.25) is 0 Å². The van der Waals surface area contributed by atoms with Gasteiger partial charge in [-0.2, -0.15) is 13.2 Å². The summed E-state index contributed by atoms with van der Waals surface area (Å²) >= 11 is 0. The normalized spacial score (nSPS) is 23.8. The summed E-state index contributed by atoms with van der Waals surface area (Å²) in [6, 6.07) is 9.63. The Labute approximate surface area is 115 Å². The van der Waals surface area contributed by atoms with Crippen LogP contribution in [0.4, 0.5) is 13.2 Å². The summed E-state index contributed by atoms with van der Waals surface area (Å²) < 4.78 is 51.7. The van der Waals surface area contributed by atoms with Crippen molar-refractivity contribution in [2.45, 2.75) is 38.0 Å². The van der Waals surface area contributed by atoms with Crippen molar-refractivity contribution >= 4 is 0 Å². The van der Waals surface area contributed by atoms with Crippen molar-refractivity contribution in [2.75, 3.05) is 13.2 Å². The predicted molar refractivity (Wildman–Crippen MR) is 66.0 cm³/mol. The molecule has 0 amide bonds. The highest BCUT2D eigenvalue weighted by Gasteiger charge is 2.31. The quantitative estimate of drug-likeness (QED) is 0.833. The van der Waals surface area contributed by atoms with Crippen LogP contribution in [-0.2, 0) is 20.8 Å². The number of ether oxygens (including phenoxy) is 3. The monoisotopic (exact) mass is 290 g/mol. The lowest BCUT2D eigenvalue weighted by atomic mass is 10.1. The molecule has 0 N–H and O–H groups in total. The zero-order valence-corrected chi connectivity index (χ0v) is 10.9. The zero-order valence-electron chi connectivity index (χ0n) is 10.9. The van der Waals surface area contributed by atoms with Gasteiger partial charge in [-0.15, -0.1) is 0 Å². The van der Waals surface area contributed by atoms with Gasteiger partial charge in [0.15, 0.2) is 6.29 Å². The Morgan fingerprint density at radius 3 is 2.60 bits per heavy atom. The van der Waals surface area contributed by atoms with Gasteiger partial charge in [-0.1, -0.05) is 30.3 Å². The maximum absolute atomic E-state index is 12.1. The summed E-state index contributed by atoms with van der Waals surface area (Å²) in [5.41, 5.74) is 1.03. The Kier molecular flexibility index (Phi) is 5.39. The third-order valence-electron chi connectivity index (χ3n) is 2.96. The Hall–Kier alpha value is -1.11. The van der Waals surface area contributed by atoms with Crippen molar-refractivity contribution in [1.82, 2.24) is 0 Å². The number of hydrogen-bond acceptors (Lipinski definition) is 3. The molecule has 0 aliphatic carbocycles. The highest BCUT2D eigenvalue weighted by Crippen LogP contribution is 2.22. The van der Waals surface area contributed by atoms with Gasteiger partial charge in [-0.25, -0.2) is 0 Å². The van der Waals surface area contributed by atoms with Crippen LogP contribution in [0.5, 0.6) is 0 Å². The van der Waals surface area contributed by atoms with Gasteiger partial charge in [0.05, 0.1) is 19.3 Å². The molecular formula is C14H17F3O3. The topological polar surface area (TPSA) is 27.7 Å². The van der Waals surface area contributed by atoms with Gasteiger partial charge in [0.2, 0.25) is 0 Å². The molecule has 2 rings (SSSR count). The van der Waals surface area contributed by atoms with Gasteiger partial charge >= 0.3 is 6.18 Å². The molecule has 6 heteroatoms. The van der Waals surface area contributed by atoms with Gasteiger partial charge < -0.3 is 14.2 Å². The van der Waals surface area contributed by atoms with Gasteiger partial charge in [0.25, 0.3) is 0 Å². The average Bonchev–Trinajstić information content (AvgIpc) is 2.44. The predicted octanol–water partition coefficient (Wildman–Crippen LogP) is 3.29. The number of hydrogen-bond donors (Lipinski definition) is 0. The van der Waals surface area contributed by atoms with Crippen LogP contribution in [0.15, 0.2) is 30.3 Å². The minimum Gasteiger partial charge on any atom is -0.373 e. The standard InChI is InChI=1S/C14H17F3O3/c15-14(16,17)10-20-13-8-12(6-7-18-13)19-9-11-4-2-1-3-5-11/h1-5,12-13H,6-10H2/t12-,13+/m0/s1. The fourth-order valence-electron chi connectivity index (χ4n) is 1.97. The molecule has 112 valence electrons. The van der Waals surface area contributed by atoms with Crippen LogP contribution in [-0.4, -0.2) is 31.8 Å². The van der Waals surface area contributed by atoms with Crippen molar-refractivity contribution in [2.24, 2.45) is 0 Å². The zero-order chi connectivity index (χ0) is 14.4. The van der Waals surface area contributed by atoms with Crippen molar-refractivity contribution in [1.29, 1.82) is 0 Å². The molecule has 1 saturated heterocycles. The van der Waals surface area contributed by atoms with E-state index in [1.807, 2.05) is 30.3 Å². The molecule has 20 heavy (non-hydrogen) atoms. The summed E-state index contributed by atoms with van der Waals surface area (Å²) in [7, 11) is 0. The third-order valence-corrected chi connectivity index (χ3v) is 2.96. The SMILES string of the molecule is FC(F)(F)CO[C@@H]1C[C@@H](OCc2ccccc2)CCO1. The maximum Gasteiger partial charge on any atom is 0.411 e. The third kappa shape index (κ3) is 5.48. The van der Waals surface area contributed by atoms with E-state index in [-0.39, 0.29) is 6.10 Å². The lowest BCUT2D eigenvalue weighted by Crippen LogP contribution is -2.34. The lowest BCUT2D eigenvalue weighted by molar-refractivity contribution is -0.248. The summed E-state index contributed by atoms with van der Waals surface area (Å²) in [4.78, 5) is 0. The number of halogens is 3. The first-order chi connectivity index (χ1) is 9.53. The first-order valence-electron chi connectivity index (χ1n) is 6.48. The molecule has 1 aromatic carbocycles. The lowest BCUT2D eigenvalue weighted by Gasteiger charge is -2.29. The van der Waals surface area contributed by atoms with E-state index < -0.39 is 19.1 Å². The highest BCUT2D eigenvalue weighted by molar-refractivity contribution is 5.13. The van der Waals surface area contributed by atoms with Crippen molar-refractivity contribution in [3.05, 3.63) is 35.9 Å². The smallest absolute Gasteiger partial charge is 0.373 e. The molecule has 0 bridgehead atoms. The summed E-state index contributed by atoms with van der Waals surface area (Å²) in [6.45, 7) is -0.497. The van der Waals surface area contributed by atoms with Gasteiger partial charge in [0, 0.05) is 6.42 Å². The molecule has 0 saturated carbocycles. The van der Waals surface area contributed by atoms with Gasteiger partial charge in [-0.05, 0) is 12.0 Å². The van der Waals surface area contributed by atoms with E-state index in [9.17, 15) is 13.2 Å². The van der Waals surface area contributed by atoms with E-state index >= 15 is 0 Å². The van der Waals surface area contributed by atoms with Crippen LogP contribution < -0.4 is 0 Å². The van der Waals surface area contributed by atoms with E-state index in [1.54, 1.807) is 0 Å². The molecule has 0 aromatic heterocycles. The summed E-state index contributed by atoms with van der Waals surface area (Å²) in [5.74, 6) is 0. The van der Waals surface area contributed by atoms with Crippen LogP contribution in [0.25, 0.3) is 0 Å². The highest BCUT2D eigenvalue weighted by atomic mass is 19.4. The van der Waals surface area contributed by atoms with E-state index in [2.05, 4.69) is 0 Å². The Morgan fingerprint density at radius 2 is 1.90 bits per heavy atom. The first kappa shape index (κ1) is 15.3. The molecular weight excluding hydrogens is 273 g/mol. The summed E-state index contributed by atoms with van der Waals surface area (Å²) in [5, 5.41) is 0. The van der Waals surface area contributed by atoms with Crippen molar-refractivity contribution < 1.29 is 27.4 Å². The number of rotatable bonds is 5. The minimum absolute atomic E-state index is 0.137. The van der Waals surface area contributed by atoms with E-state index in [1.165, 1.54) is 0 Å². The Balaban J connectivity index is 1.73. The summed E-state index contributed by atoms with van der Waals surface area (Å²) in [6.07, 6.45) is -4.32. The van der Waals surface area contributed by atoms with Crippen LogP contribution >= 0.6 is 0 Å². The molecule has 1 fully saturated rings.